The number of rotatable bonds is 42. The van der Waals surface area contributed by atoms with Crippen molar-refractivity contribution in [3.63, 3.8) is 0 Å². The molecule has 1 aliphatic rings. The maximum Gasteiger partial charge on any atom is 0.303 e. The molecule has 364 valence electrons. The van der Waals surface area contributed by atoms with Gasteiger partial charge in [0.05, 0.1) is 6.61 Å². The van der Waals surface area contributed by atoms with Crippen molar-refractivity contribution >= 4 is 23.7 Å². The third-order valence-corrected chi connectivity index (χ3v) is 12.6. The summed E-state index contributed by atoms with van der Waals surface area (Å²) in [6.07, 6.45) is 32.6. The number of aliphatic carboxylic acids is 1. The highest BCUT2D eigenvalue weighted by molar-refractivity contribution is 5.87. The summed E-state index contributed by atoms with van der Waals surface area (Å²) >= 11 is 0. The highest BCUT2D eigenvalue weighted by atomic mass is 16.5. The minimum Gasteiger partial charge on any atom is -0.481 e. The van der Waals surface area contributed by atoms with Crippen LogP contribution in [0.2, 0.25) is 0 Å². The van der Waals surface area contributed by atoms with Crippen molar-refractivity contribution in [3.8, 4) is 0 Å². The lowest BCUT2D eigenvalue weighted by Crippen LogP contribution is -2.69. The number of ether oxygens (including phenoxy) is 1. The minimum atomic E-state index is -1.56. The highest BCUT2D eigenvalue weighted by Gasteiger charge is 2.48. The molecule has 0 unspecified atom stereocenters. The smallest absolute Gasteiger partial charge is 0.303 e. The molecular weight excluding hydrogens is 787 g/mol. The Labute approximate surface area is 377 Å². The van der Waals surface area contributed by atoms with E-state index in [1.54, 1.807) is 4.90 Å². The van der Waals surface area contributed by atoms with Crippen LogP contribution < -0.4 is 10.6 Å². The van der Waals surface area contributed by atoms with Crippen LogP contribution >= 0.6 is 0 Å². The minimum absolute atomic E-state index is 0.0699. The van der Waals surface area contributed by atoms with Gasteiger partial charge in [-0.25, -0.2) is 0 Å². The lowest BCUT2D eigenvalue weighted by Gasteiger charge is -2.47. The molecule has 6 atom stereocenters. The van der Waals surface area contributed by atoms with E-state index >= 15 is 0 Å². The van der Waals surface area contributed by atoms with Crippen LogP contribution in [0.4, 0.5) is 0 Å². The zero-order chi connectivity index (χ0) is 45.6. The first-order valence-electron chi connectivity index (χ1n) is 25.8. The number of carboxylic acid groups (broad SMARTS) is 1. The molecule has 0 aromatic heterocycles. The Kier molecular flexibility index (Phi) is 36.4. The van der Waals surface area contributed by atoms with Crippen LogP contribution in [0.15, 0.2) is 0 Å². The van der Waals surface area contributed by atoms with E-state index in [2.05, 4.69) is 24.5 Å². The maximum atomic E-state index is 14.0. The van der Waals surface area contributed by atoms with Gasteiger partial charge in [-0.15, -0.1) is 0 Å². The van der Waals surface area contributed by atoms with Crippen LogP contribution in [0.3, 0.4) is 0 Å². The van der Waals surface area contributed by atoms with Crippen molar-refractivity contribution in [2.24, 2.45) is 0 Å². The Morgan fingerprint density at radius 1 is 0.548 bits per heavy atom. The zero-order valence-corrected chi connectivity index (χ0v) is 39.9. The Morgan fingerprint density at radius 3 is 1.35 bits per heavy atom. The van der Waals surface area contributed by atoms with Gasteiger partial charge in [-0.3, -0.25) is 19.2 Å². The van der Waals surface area contributed by atoms with Crippen molar-refractivity contribution in [1.82, 2.24) is 15.5 Å². The molecule has 0 aromatic carbocycles. The summed E-state index contributed by atoms with van der Waals surface area (Å²) in [5.41, 5.74) is 0. The van der Waals surface area contributed by atoms with Crippen LogP contribution in [0.25, 0.3) is 0 Å². The molecule has 0 aliphatic carbocycles. The molecule has 12 nitrogen and oxygen atoms in total. The third kappa shape index (κ3) is 28.5. The number of carboxylic acids is 1. The molecule has 0 saturated carbocycles. The second kappa shape index (κ2) is 39.1. The van der Waals surface area contributed by atoms with Gasteiger partial charge in [-0.05, 0) is 26.2 Å². The van der Waals surface area contributed by atoms with Crippen LogP contribution in [-0.2, 0) is 23.9 Å². The van der Waals surface area contributed by atoms with Crippen molar-refractivity contribution < 1.29 is 44.3 Å². The first kappa shape index (κ1) is 57.7. The van der Waals surface area contributed by atoms with Gasteiger partial charge in [0.25, 0.3) is 0 Å². The summed E-state index contributed by atoms with van der Waals surface area (Å²) in [7, 11) is 0. The average molecular weight is 882 g/mol. The molecule has 0 radical (unpaired) electrons. The van der Waals surface area contributed by atoms with E-state index in [0.717, 1.165) is 38.5 Å². The first-order valence-corrected chi connectivity index (χ1v) is 25.8. The molecule has 3 amide bonds. The molecule has 1 aliphatic heterocycles. The summed E-state index contributed by atoms with van der Waals surface area (Å²) in [6, 6.07) is -2.27. The lowest BCUT2D eigenvalue weighted by molar-refractivity contribution is -0.231. The third-order valence-electron chi connectivity index (χ3n) is 12.6. The zero-order valence-electron chi connectivity index (χ0n) is 39.9. The topological polar surface area (TPSA) is 186 Å². The molecule has 0 bridgehead atoms. The van der Waals surface area contributed by atoms with E-state index in [1.165, 1.54) is 155 Å². The predicted molar refractivity (Wildman–Crippen MR) is 250 cm³/mol. The Balaban J connectivity index is 2.75. The fourth-order valence-electron chi connectivity index (χ4n) is 8.60. The molecule has 62 heavy (non-hydrogen) atoms. The molecule has 1 fully saturated rings. The maximum absolute atomic E-state index is 14.0. The summed E-state index contributed by atoms with van der Waals surface area (Å²) in [4.78, 5) is 52.3. The van der Waals surface area contributed by atoms with E-state index in [1.807, 2.05) is 0 Å². The van der Waals surface area contributed by atoms with E-state index < -0.39 is 61.0 Å². The van der Waals surface area contributed by atoms with Gasteiger partial charge in [0.2, 0.25) is 17.7 Å². The van der Waals surface area contributed by atoms with Crippen LogP contribution in [0, 0.1) is 0 Å². The van der Waals surface area contributed by atoms with Gasteiger partial charge < -0.3 is 40.7 Å². The fourth-order valence-corrected chi connectivity index (χ4v) is 8.60. The fraction of sp³-hybridized carbons (Fsp3) is 0.920. The average Bonchev–Trinajstić information content (AvgIpc) is 3.25. The van der Waals surface area contributed by atoms with Crippen LogP contribution in [-0.4, -0.2) is 98.8 Å². The Bertz CT molecular complexity index is 1130. The second-order valence-electron chi connectivity index (χ2n) is 18.4. The number of aliphatic hydroxyl groups is 3. The van der Waals surface area contributed by atoms with Gasteiger partial charge in [0.1, 0.15) is 30.4 Å². The van der Waals surface area contributed by atoms with E-state index in [4.69, 9.17) is 9.84 Å². The standard InChI is InChI=1S/C50H95N3O9/c1-4-6-8-10-12-14-16-18-20-22-24-26-28-30-32-34-39-53(44(56)37-33-31-29-27-25-23-21-19-17-15-13-11-9-7-5-2)50-46(48(60)47(59)42(40-54)62-50)52-49(61)41(3)51-43(55)36-35-38-45(57)58/h41-42,46-48,50,54,59-60H,4-40H2,1-3H3,(H,51,55)(H,52,61)(H,57,58)/t41-,42+,46-,47+,48+,50+/m0/s1. The molecule has 1 rings (SSSR count). The second-order valence-corrected chi connectivity index (χ2v) is 18.4. The molecule has 1 saturated heterocycles. The summed E-state index contributed by atoms with van der Waals surface area (Å²) in [5, 5.41) is 46.4. The SMILES string of the molecule is CCCCCCCCCCCCCCCCCCN(C(=O)CCCCCCCCCCCCCCCCC)[C@@H]1O[C@H](CO)[C@@H](O)[C@H](O)[C@@H]1NC(=O)[C@H](C)NC(=O)CCCC(=O)O. The molecule has 0 spiro atoms. The number of carbonyl (C=O) groups excluding carboxylic acids is 3. The molecule has 1 heterocycles. The predicted octanol–water partition coefficient (Wildman–Crippen LogP) is 10.0. The number of carbonyl (C=O) groups is 4. The van der Waals surface area contributed by atoms with Gasteiger partial charge >= 0.3 is 5.97 Å². The first-order chi connectivity index (χ1) is 30.1. The van der Waals surface area contributed by atoms with Gasteiger partial charge in [-0.1, -0.05) is 200 Å². The quantitative estimate of drug-likeness (QED) is 0.0325. The van der Waals surface area contributed by atoms with Crippen molar-refractivity contribution in [3.05, 3.63) is 0 Å². The van der Waals surface area contributed by atoms with Gasteiger partial charge in [-0.2, -0.15) is 0 Å². The summed E-state index contributed by atoms with van der Waals surface area (Å²) in [5.74, 6) is -2.32. The van der Waals surface area contributed by atoms with Gasteiger partial charge in [0.15, 0.2) is 6.23 Å². The van der Waals surface area contributed by atoms with Crippen molar-refractivity contribution in [2.45, 2.75) is 282 Å². The van der Waals surface area contributed by atoms with Crippen molar-refractivity contribution in [1.29, 1.82) is 0 Å². The van der Waals surface area contributed by atoms with E-state index in [-0.39, 0.29) is 31.6 Å². The number of unbranched alkanes of at least 4 members (excludes halogenated alkanes) is 29. The van der Waals surface area contributed by atoms with Crippen LogP contribution in [0.1, 0.15) is 245 Å². The van der Waals surface area contributed by atoms with E-state index in [9.17, 15) is 34.5 Å². The number of hydrogen-bond donors (Lipinski definition) is 6. The lowest BCUT2D eigenvalue weighted by atomic mass is 9.94. The molecular formula is C50H95N3O9. The van der Waals surface area contributed by atoms with Gasteiger partial charge in [0, 0.05) is 25.8 Å². The number of nitrogens with one attached hydrogen (secondary N) is 2. The summed E-state index contributed by atoms with van der Waals surface area (Å²) < 4.78 is 6.15. The number of amides is 3. The number of hydrogen-bond acceptors (Lipinski definition) is 8. The van der Waals surface area contributed by atoms with Crippen LogP contribution in [0.5, 0.6) is 0 Å². The normalized spacial score (nSPS) is 19.3. The molecule has 0 aromatic rings. The van der Waals surface area contributed by atoms with Crippen molar-refractivity contribution in [2.75, 3.05) is 13.2 Å². The number of aliphatic hydroxyl groups excluding tert-OH is 3. The van der Waals surface area contributed by atoms with E-state index in [0.29, 0.717) is 19.4 Å². The molecule has 6 N–H and O–H groups in total. The Hall–Kier alpha value is -2.28. The largest absolute Gasteiger partial charge is 0.481 e. The Morgan fingerprint density at radius 2 is 0.952 bits per heavy atom. The number of nitrogens with zero attached hydrogens (tertiary/aromatic N) is 1. The molecule has 12 heteroatoms. The summed E-state index contributed by atoms with van der Waals surface area (Å²) in [6.45, 7) is 5.73. The monoisotopic (exact) mass is 882 g/mol. The highest BCUT2D eigenvalue weighted by Crippen LogP contribution is 2.26.